The van der Waals surface area contributed by atoms with E-state index in [0.717, 1.165) is 12.8 Å². The number of hydrogen-bond acceptors (Lipinski definition) is 3. The fraction of sp³-hybridized carbons (Fsp3) is 0.538. The fourth-order valence-corrected chi connectivity index (χ4v) is 1.62. The summed E-state index contributed by atoms with van der Waals surface area (Å²) < 4.78 is 10.5. The molecule has 1 saturated heterocycles. The van der Waals surface area contributed by atoms with E-state index in [9.17, 15) is 5.11 Å². The van der Waals surface area contributed by atoms with Gasteiger partial charge in [-0.3, -0.25) is 0 Å². The van der Waals surface area contributed by atoms with Crippen molar-refractivity contribution >= 4 is 0 Å². The molecule has 1 aromatic carbocycles. The van der Waals surface area contributed by atoms with Crippen LogP contribution in [0.3, 0.4) is 0 Å². The van der Waals surface area contributed by atoms with Crippen LogP contribution in [0, 0.1) is 0 Å². The van der Waals surface area contributed by atoms with Gasteiger partial charge in [0.1, 0.15) is 6.10 Å². The first kappa shape index (κ1) is 11.6. The molecular weight excluding hydrogens is 204 g/mol. The zero-order valence-corrected chi connectivity index (χ0v) is 9.34. The number of ether oxygens (including phenoxy) is 2. The molecule has 0 bridgehead atoms. The maximum absolute atomic E-state index is 9.52. The summed E-state index contributed by atoms with van der Waals surface area (Å²) in [5.41, 5.74) is 1.19. The van der Waals surface area contributed by atoms with Crippen LogP contribution in [-0.2, 0) is 16.1 Å². The van der Waals surface area contributed by atoms with Crippen molar-refractivity contribution in [2.45, 2.75) is 31.7 Å². The van der Waals surface area contributed by atoms with Crippen LogP contribution in [0.15, 0.2) is 30.3 Å². The highest BCUT2D eigenvalue weighted by Gasteiger charge is 2.30. The van der Waals surface area contributed by atoms with E-state index in [4.69, 9.17) is 9.47 Å². The SMILES string of the molecule is O[C@H](CCCOCc1ccccc1)[C@@H]1CO1. The summed E-state index contributed by atoms with van der Waals surface area (Å²) in [4.78, 5) is 0. The summed E-state index contributed by atoms with van der Waals surface area (Å²) in [5, 5.41) is 9.52. The van der Waals surface area contributed by atoms with Gasteiger partial charge in [-0.25, -0.2) is 0 Å². The molecule has 0 saturated carbocycles. The van der Waals surface area contributed by atoms with Gasteiger partial charge in [0, 0.05) is 6.61 Å². The van der Waals surface area contributed by atoms with E-state index in [2.05, 4.69) is 0 Å². The molecule has 0 unspecified atom stereocenters. The van der Waals surface area contributed by atoms with Gasteiger partial charge in [-0.2, -0.15) is 0 Å². The van der Waals surface area contributed by atoms with Crippen LogP contribution in [0.4, 0.5) is 0 Å². The lowest BCUT2D eigenvalue weighted by molar-refractivity contribution is 0.0860. The van der Waals surface area contributed by atoms with Gasteiger partial charge in [-0.05, 0) is 18.4 Å². The molecule has 1 heterocycles. The van der Waals surface area contributed by atoms with Crippen molar-refractivity contribution in [1.29, 1.82) is 0 Å². The van der Waals surface area contributed by atoms with Crippen molar-refractivity contribution in [3.63, 3.8) is 0 Å². The Bertz CT molecular complexity index is 295. The average molecular weight is 222 g/mol. The number of hydrogen-bond donors (Lipinski definition) is 1. The molecule has 3 heteroatoms. The highest BCUT2D eigenvalue weighted by Crippen LogP contribution is 2.17. The van der Waals surface area contributed by atoms with Crippen molar-refractivity contribution in [3.05, 3.63) is 35.9 Å². The molecule has 1 aliphatic rings. The maximum atomic E-state index is 9.52. The third kappa shape index (κ3) is 3.93. The quantitative estimate of drug-likeness (QED) is 0.564. The van der Waals surface area contributed by atoms with Gasteiger partial charge in [0.15, 0.2) is 0 Å². The largest absolute Gasteiger partial charge is 0.390 e. The van der Waals surface area contributed by atoms with Crippen molar-refractivity contribution in [2.24, 2.45) is 0 Å². The molecule has 1 aliphatic heterocycles. The highest BCUT2D eigenvalue weighted by atomic mass is 16.6. The summed E-state index contributed by atoms with van der Waals surface area (Å²) >= 11 is 0. The standard InChI is InChI=1S/C13H18O3/c14-12(13-10-16-13)7-4-8-15-9-11-5-2-1-3-6-11/h1-3,5-6,12-14H,4,7-10H2/t12-,13+/m1/s1. The number of epoxide rings is 1. The molecular formula is C13H18O3. The Hall–Kier alpha value is -0.900. The number of aliphatic hydroxyl groups excluding tert-OH is 1. The van der Waals surface area contributed by atoms with Gasteiger partial charge in [0.05, 0.1) is 19.3 Å². The Kier molecular flexibility index (Phi) is 4.34. The van der Waals surface area contributed by atoms with Crippen LogP contribution in [0.2, 0.25) is 0 Å². The van der Waals surface area contributed by atoms with E-state index in [1.807, 2.05) is 30.3 Å². The summed E-state index contributed by atoms with van der Waals surface area (Å²) in [5.74, 6) is 0. The van der Waals surface area contributed by atoms with Crippen molar-refractivity contribution in [1.82, 2.24) is 0 Å². The summed E-state index contributed by atoms with van der Waals surface area (Å²) in [6.45, 7) is 2.06. The minimum Gasteiger partial charge on any atom is -0.390 e. The fourth-order valence-electron chi connectivity index (χ4n) is 1.62. The summed E-state index contributed by atoms with van der Waals surface area (Å²) in [6, 6.07) is 10.1. The third-order valence-corrected chi connectivity index (χ3v) is 2.69. The average Bonchev–Trinajstić information content (AvgIpc) is 3.13. The lowest BCUT2D eigenvalue weighted by atomic mass is 10.1. The first-order valence-electron chi connectivity index (χ1n) is 5.77. The van der Waals surface area contributed by atoms with Crippen LogP contribution >= 0.6 is 0 Å². The molecule has 2 rings (SSSR count). The summed E-state index contributed by atoms with van der Waals surface area (Å²) in [6.07, 6.45) is 1.43. The van der Waals surface area contributed by atoms with Crippen molar-refractivity contribution < 1.29 is 14.6 Å². The first-order chi connectivity index (χ1) is 7.86. The first-order valence-corrected chi connectivity index (χ1v) is 5.77. The monoisotopic (exact) mass is 222 g/mol. The van der Waals surface area contributed by atoms with Gasteiger partial charge in [-0.1, -0.05) is 30.3 Å². The highest BCUT2D eigenvalue weighted by molar-refractivity contribution is 5.13. The molecule has 0 spiro atoms. The topological polar surface area (TPSA) is 42.0 Å². The zero-order chi connectivity index (χ0) is 11.2. The van der Waals surface area contributed by atoms with Crippen LogP contribution in [0.25, 0.3) is 0 Å². The van der Waals surface area contributed by atoms with Gasteiger partial charge in [0.2, 0.25) is 0 Å². The van der Waals surface area contributed by atoms with Crippen LogP contribution < -0.4 is 0 Å². The number of benzene rings is 1. The Morgan fingerprint density at radius 3 is 2.81 bits per heavy atom. The van der Waals surface area contributed by atoms with Crippen LogP contribution in [-0.4, -0.2) is 30.5 Å². The second kappa shape index (κ2) is 5.99. The molecule has 0 radical (unpaired) electrons. The second-order valence-corrected chi connectivity index (χ2v) is 4.12. The number of rotatable bonds is 7. The smallest absolute Gasteiger partial charge is 0.107 e. The Balaban J connectivity index is 1.52. The van der Waals surface area contributed by atoms with Gasteiger partial charge in [0.25, 0.3) is 0 Å². The lowest BCUT2D eigenvalue weighted by Gasteiger charge is -2.07. The normalized spacial score (nSPS) is 20.7. The van der Waals surface area contributed by atoms with Crippen LogP contribution in [0.1, 0.15) is 18.4 Å². The predicted molar refractivity (Wildman–Crippen MR) is 61.1 cm³/mol. The molecule has 0 amide bonds. The molecule has 1 fully saturated rings. The van der Waals surface area contributed by atoms with Crippen molar-refractivity contribution in [3.8, 4) is 0 Å². The maximum Gasteiger partial charge on any atom is 0.107 e. The minimum absolute atomic E-state index is 0.0918. The number of aliphatic hydroxyl groups is 1. The Morgan fingerprint density at radius 2 is 2.12 bits per heavy atom. The van der Waals surface area contributed by atoms with E-state index < -0.39 is 0 Å². The lowest BCUT2D eigenvalue weighted by Crippen LogP contribution is -2.15. The second-order valence-electron chi connectivity index (χ2n) is 4.12. The molecule has 1 aromatic rings. The van der Waals surface area contributed by atoms with Gasteiger partial charge >= 0.3 is 0 Å². The minimum atomic E-state index is -0.305. The van der Waals surface area contributed by atoms with Crippen LogP contribution in [0.5, 0.6) is 0 Å². The predicted octanol–water partition coefficient (Wildman–Crippen LogP) is 1.74. The van der Waals surface area contributed by atoms with E-state index in [1.54, 1.807) is 0 Å². The molecule has 2 atom stereocenters. The van der Waals surface area contributed by atoms with E-state index in [1.165, 1.54) is 5.56 Å². The molecule has 1 N–H and O–H groups in total. The van der Waals surface area contributed by atoms with Gasteiger partial charge < -0.3 is 14.6 Å². The van der Waals surface area contributed by atoms with Crippen molar-refractivity contribution in [2.75, 3.05) is 13.2 Å². The molecule has 0 aromatic heterocycles. The third-order valence-electron chi connectivity index (χ3n) is 2.69. The van der Waals surface area contributed by atoms with E-state index in [0.29, 0.717) is 19.8 Å². The van der Waals surface area contributed by atoms with E-state index >= 15 is 0 Å². The molecule has 0 aliphatic carbocycles. The van der Waals surface area contributed by atoms with E-state index in [-0.39, 0.29) is 12.2 Å². The molecule has 16 heavy (non-hydrogen) atoms. The summed E-state index contributed by atoms with van der Waals surface area (Å²) in [7, 11) is 0. The molecule has 88 valence electrons. The zero-order valence-electron chi connectivity index (χ0n) is 9.34. The van der Waals surface area contributed by atoms with Gasteiger partial charge in [-0.15, -0.1) is 0 Å². The molecule has 3 nitrogen and oxygen atoms in total. The Morgan fingerprint density at radius 1 is 1.38 bits per heavy atom. The Labute approximate surface area is 96.0 Å².